The first-order valence-electron chi connectivity index (χ1n) is 10.6. The fourth-order valence-electron chi connectivity index (χ4n) is 4.69. The average Bonchev–Trinajstić information content (AvgIpc) is 2.67. The number of carbonyl (C=O) groups excluding carboxylic acids is 1. The van der Waals surface area contributed by atoms with Gasteiger partial charge in [0.05, 0.1) is 0 Å². The van der Waals surface area contributed by atoms with E-state index in [0.29, 0.717) is 17.6 Å². The molecule has 4 nitrogen and oxygen atoms in total. The second kappa shape index (κ2) is 8.36. The standard InChI is InChI=1S/C26H31N3O/c1-17(2)29-24-12-9-20(14-23(24)19(4)15-26(29,5)6)13-21(16-27)25(30)28-22-10-7-18(3)8-11-22/h7-14,17,19H,15H2,1-6H3,(H,28,30)/b21-13-/t19-/m1/s1. The highest BCUT2D eigenvalue weighted by Gasteiger charge is 2.37. The number of amides is 1. The van der Waals surface area contributed by atoms with Crippen molar-refractivity contribution in [3.8, 4) is 6.07 Å². The van der Waals surface area contributed by atoms with E-state index in [2.05, 4.69) is 63.0 Å². The van der Waals surface area contributed by atoms with Crippen LogP contribution < -0.4 is 10.2 Å². The third-order valence-corrected chi connectivity index (χ3v) is 5.80. The SMILES string of the molecule is Cc1ccc(NC(=O)/C(C#N)=C\c2ccc3c(c2)[C@H](C)CC(C)(C)N3C(C)C)cc1. The van der Waals surface area contributed by atoms with Gasteiger partial charge in [0, 0.05) is 23.0 Å². The Bertz CT molecular complexity index is 1010. The van der Waals surface area contributed by atoms with Crippen molar-refractivity contribution in [2.45, 2.75) is 65.5 Å². The lowest BCUT2D eigenvalue weighted by Gasteiger charge is -2.50. The van der Waals surface area contributed by atoms with Gasteiger partial charge >= 0.3 is 0 Å². The summed E-state index contributed by atoms with van der Waals surface area (Å²) in [5.74, 6) is 0.0160. The highest BCUT2D eigenvalue weighted by molar-refractivity contribution is 6.09. The Balaban J connectivity index is 1.91. The van der Waals surface area contributed by atoms with E-state index >= 15 is 0 Å². The first-order chi connectivity index (χ1) is 14.1. The summed E-state index contributed by atoms with van der Waals surface area (Å²) >= 11 is 0. The molecular formula is C26H31N3O. The minimum Gasteiger partial charge on any atom is -0.364 e. The lowest BCUT2D eigenvalue weighted by atomic mass is 9.79. The van der Waals surface area contributed by atoms with Crippen LogP contribution in [0.1, 0.15) is 63.6 Å². The number of fused-ring (bicyclic) bond motifs is 1. The molecule has 1 heterocycles. The summed E-state index contributed by atoms with van der Waals surface area (Å²) < 4.78 is 0. The van der Waals surface area contributed by atoms with Crippen molar-refractivity contribution in [3.63, 3.8) is 0 Å². The minimum absolute atomic E-state index is 0.0870. The molecule has 1 aliphatic rings. The van der Waals surface area contributed by atoms with Gasteiger partial charge in [-0.15, -0.1) is 0 Å². The van der Waals surface area contributed by atoms with Crippen molar-refractivity contribution in [3.05, 3.63) is 64.7 Å². The maximum absolute atomic E-state index is 12.6. The lowest BCUT2D eigenvalue weighted by molar-refractivity contribution is -0.112. The Labute approximate surface area is 180 Å². The lowest BCUT2D eigenvalue weighted by Crippen LogP contribution is -2.51. The molecule has 2 aromatic rings. The van der Waals surface area contributed by atoms with Crippen molar-refractivity contribution >= 4 is 23.4 Å². The number of carbonyl (C=O) groups is 1. The molecule has 3 rings (SSSR count). The van der Waals surface area contributed by atoms with Gasteiger partial charge in [0.2, 0.25) is 0 Å². The average molecular weight is 402 g/mol. The zero-order chi connectivity index (χ0) is 22.1. The molecule has 4 heteroatoms. The Morgan fingerprint density at radius 2 is 1.90 bits per heavy atom. The topological polar surface area (TPSA) is 56.1 Å². The van der Waals surface area contributed by atoms with Gasteiger partial charge in [-0.1, -0.05) is 30.7 Å². The van der Waals surface area contributed by atoms with E-state index in [1.54, 1.807) is 6.08 Å². The van der Waals surface area contributed by atoms with Crippen molar-refractivity contribution < 1.29 is 4.79 Å². The second-order valence-electron chi connectivity index (χ2n) is 9.19. The maximum Gasteiger partial charge on any atom is 0.266 e. The van der Waals surface area contributed by atoms with Crippen LogP contribution in [0.4, 0.5) is 11.4 Å². The van der Waals surface area contributed by atoms with Gasteiger partial charge in [0.15, 0.2) is 0 Å². The minimum atomic E-state index is -0.392. The van der Waals surface area contributed by atoms with Gasteiger partial charge in [-0.05, 0) is 88.4 Å². The van der Waals surface area contributed by atoms with Crippen LogP contribution in [0.5, 0.6) is 0 Å². The molecule has 156 valence electrons. The van der Waals surface area contributed by atoms with E-state index in [9.17, 15) is 10.1 Å². The van der Waals surface area contributed by atoms with Crippen LogP contribution in [-0.4, -0.2) is 17.5 Å². The molecule has 0 saturated heterocycles. The van der Waals surface area contributed by atoms with Gasteiger partial charge < -0.3 is 10.2 Å². The number of nitriles is 1. The second-order valence-corrected chi connectivity index (χ2v) is 9.19. The van der Waals surface area contributed by atoms with Crippen LogP contribution in [0.3, 0.4) is 0 Å². The molecule has 1 atom stereocenters. The summed E-state index contributed by atoms with van der Waals surface area (Å²) in [5.41, 5.74) is 5.37. The number of anilines is 2. The third kappa shape index (κ3) is 4.41. The van der Waals surface area contributed by atoms with Crippen molar-refractivity contribution in [1.82, 2.24) is 0 Å². The van der Waals surface area contributed by atoms with Crippen LogP contribution in [0.25, 0.3) is 6.08 Å². The van der Waals surface area contributed by atoms with Crippen LogP contribution in [0.15, 0.2) is 48.0 Å². The summed E-state index contributed by atoms with van der Waals surface area (Å²) in [6, 6.07) is 16.2. The molecule has 0 saturated carbocycles. The van der Waals surface area contributed by atoms with Gasteiger partial charge in [-0.3, -0.25) is 4.79 Å². The summed E-state index contributed by atoms with van der Waals surface area (Å²) in [6.45, 7) is 13.3. The number of nitrogens with zero attached hydrogens (tertiary/aromatic N) is 2. The van der Waals surface area contributed by atoms with E-state index in [1.807, 2.05) is 37.3 Å². The highest BCUT2D eigenvalue weighted by atomic mass is 16.1. The monoisotopic (exact) mass is 401 g/mol. The molecule has 0 unspecified atom stereocenters. The van der Waals surface area contributed by atoms with Crippen molar-refractivity contribution in [2.75, 3.05) is 10.2 Å². The van der Waals surface area contributed by atoms with Crippen LogP contribution >= 0.6 is 0 Å². The van der Waals surface area contributed by atoms with E-state index < -0.39 is 5.91 Å². The first-order valence-corrected chi connectivity index (χ1v) is 10.6. The van der Waals surface area contributed by atoms with E-state index in [1.165, 1.54) is 11.3 Å². The first kappa shape index (κ1) is 21.6. The number of benzene rings is 2. The fraction of sp³-hybridized carbons (Fsp3) is 0.385. The molecule has 0 bridgehead atoms. The molecule has 30 heavy (non-hydrogen) atoms. The van der Waals surface area contributed by atoms with E-state index in [-0.39, 0.29) is 11.1 Å². The number of rotatable bonds is 4. The Hall–Kier alpha value is -3.06. The largest absolute Gasteiger partial charge is 0.364 e. The Morgan fingerprint density at radius 1 is 1.23 bits per heavy atom. The summed E-state index contributed by atoms with van der Waals surface area (Å²) in [4.78, 5) is 15.1. The van der Waals surface area contributed by atoms with E-state index in [4.69, 9.17) is 0 Å². The number of hydrogen-bond donors (Lipinski definition) is 1. The summed E-state index contributed by atoms with van der Waals surface area (Å²) in [5, 5.41) is 12.4. The maximum atomic E-state index is 12.6. The summed E-state index contributed by atoms with van der Waals surface area (Å²) in [7, 11) is 0. The van der Waals surface area contributed by atoms with Gasteiger partial charge in [0.1, 0.15) is 11.6 Å². The molecule has 1 aliphatic heterocycles. The zero-order valence-corrected chi connectivity index (χ0v) is 18.8. The molecule has 0 radical (unpaired) electrons. The van der Waals surface area contributed by atoms with Gasteiger partial charge in [-0.25, -0.2) is 0 Å². The highest BCUT2D eigenvalue weighted by Crippen LogP contribution is 2.44. The van der Waals surface area contributed by atoms with Crippen LogP contribution in [0.2, 0.25) is 0 Å². The Kier molecular flexibility index (Phi) is 6.03. The van der Waals surface area contributed by atoms with Crippen molar-refractivity contribution in [1.29, 1.82) is 5.26 Å². The third-order valence-electron chi connectivity index (χ3n) is 5.80. The zero-order valence-electron chi connectivity index (χ0n) is 18.8. The molecule has 2 aromatic carbocycles. The molecular weight excluding hydrogens is 370 g/mol. The number of nitrogens with one attached hydrogen (secondary N) is 1. The quantitative estimate of drug-likeness (QED) is 0.502. The molecule has 1 N–H and O–H groups in total. The number of hydrogen-bond acceptors (Lipinski definition) is 3. The van der Waals surface area contributed by atoms with Crippen LogP contribution in [-0.2, 0) is 4.79 Å². The summed E-state index contributed by atoms with van der Waals surface area (Å²) in [6.07, 6.45) is 2.74. The van der Waals surface area contributed by atoms with Crippen LogP contribution in [0, 0.1) is 18.3 Å². The predicted octanol–water partition coefficient (Wildman–Crippen LogP) is 6.04. The fourth-order valence-corrected chi connectivity index (χ4v) is 4.69. The van der Waals surface area contributed by atoms with Gasteiger partial charge in [-0.2, -0.15) is 5.26 Å². The van der Waals surface area contributed by atoms with Gasteiger partial charge in [0.25, 0.3) is 5.91 Å². The number of aryl methyl sites for hydroxylation is 1. The Morgan fingerprint density at radius 3 is 2.50 bits per heavy atom. The molecule has 0 aliphatic carbocycles. The molecule has 0 spiro atoms. The molecule has 1 amide bonds. The smallest absolute Gasteiger partial charge is 0.266 e. The molecule has 0 fully saturated rings. The van der Waals surface area contributed by atoms with Crippen molar-refractivity contribution in [2.24, 2.45) is 0 Å². The molecule has 0 aromatic heterocycles. The normalized spacial score (nSPS) is 18.0. The van der Waals surface area contributed by atoms with E-state index in [0.717, 1.165) is 17.5 Å². The predicted molar refractivity (Wildman–Crippen MR) is 125 cm³/mol.